The second-order valence-corrected chi connectivity index (χ2v) is 6.85. The number of nitrogens with two attached hydrogens (primary N) is 1. The van der Waals surface area contributed by atoms with Crippen molar-refractivity contribution in [2.75, 3.05) is 33.3 Å². The Morgan fingerprint density at radius 1 is 1.36 bits per heavy atom. The van der Waals surface area contributed by atoms with E-state index >= 15 is 0 Å². The lowest BCUT2D eigenvalue weighted by Crippen LogP contribution is -2.45. The number of carbonyl (C=O) groups is 1. The zero-order chi connectivity index (χ0) is 19.5. The van der Waals surface area contributed by atoms with Gasteiger partial charge in [-0.1, -0.05) is 25.5 Å². The van der Waals surface area contributed by atoms with Crippen LogP contribution in [0.1, 0.15) is 38.2 Å². The second kappa shape index (κ2) is 13.6. The van der Waals surface area contributed by atoms with Gasteiger partial charge in [-0.25, -0.2) is 0 Å². The van der Waals surface area contributed by atoms with Crippen molar-refractivity contribution in [3.63, 3.8) is 0 Å². The number of hydrogen-bond acceptors (Lipinski definition) is 4. The number of amides is 1. The molecule has 2 rings (SSSR count). The SMILES string of the molecule is CCC1CCCCN1CCNC(=NC)NCc1cccc(OCC(N)=O)c1.I. The van der Waals surface area contributed by atoms with Crippen molar-refractivity contribution in [3.8, 4) is 5.75 Å². The van der Waals surface area contributed by atoms with Crippen LogP contribution < -0.4 is 21.1 Å². The van der Waals surface area contributed by atoms with Crippen molar-refractivity contribution < 1.29 is 9.53 Å². The van der Waals surface area contributed by atoms with Crippen LogP contribution in [0.15, 0.2) is 29.3 Å². The van der Waals surface area contributed by atoms with E-state index in [0.29, 0.717) is 12.3 Å². The van der Waals surface area contributed by atoms with Crippen molar-refractivity contribution in [1.29, 1.82) is 0 Å². The molecule has 1 heterocycles. The van der Waals surface area contributed by atoms with Gasteiger partial charge in [0.05, 0.1) is 0 Å². The van der Waals surface area contributed by atoms with Gasteiger partial charge in [0.15, 0.2) is 12.6 Å². The third-order valence-electron chi connectivity index (χ3n) is 4.87. The van der Waals surface area contributed by atoms with Gasteiger partial charge in [0.2, 0.25) is 0 Å². The standard InChI is InChI=1S/C20H33N5O2.HI/c1-3-17-8-4-5-11-25(17)12-10-23-20(22-2)24-14-16-7-6-9-18(13-16)27-15-19(21)26;/h6-7,9,13,17H,3-5,8,10-12,14-15H2,1-2H3,(H2,21,26)(H2,22,23,24);1H. The number of primary amides is 1. The maximum Gasteiger partial charge on any atom is 0.255 e. The van der Waals surface area contributed by atoms with Crippen LogP contribution in [-0.4, -0.2) is 56.1 Å². The third-order valence-corrected chi connectivity index (χ3v) is 4.87. The molecule has 8 heteroatoms. The number of nitrogens with one attached hydrogen (secondary N) is 2. The quantitative estimate of drug-likeness (QED) is 0.273. The van der Waals surface area contributed by atoms with Crippen molar-refractivity contribution in [1.82, 2.24) is 15.5 Å². The molecule has 1 aliphatic rings. The molecule has 1 amide bonds. The van der Waals surface area contributed by atoms with E-state index < -0.39 is 5.91 Å². The summed E-state index contributed by atoms with van der Waals surface area (Å²) >= 11 is 0. The van der Waals surface area contributed by atoms with Gasteiger partial charge in [0.1, 0.15) is 5.75 Å². The number of piperidine rings is 1. The molecule has 28 heavy (non-hydrogen) atoms. The van der Waals surface area contributed by atoms with E-state index in [1.165, 1.54) is 32.2 Å². The molecule has 0 bridgehead atoms. The van der Waals surface area contributed by atoms with Crippen molar-refractivity contribution in [2.24, 2.45) is 10.7 Å². The van der Waals surface area contributed by atoms with E-state index in [2.05, 4.69) is 27.4 Å². The molecule has 1 aromatic carbocycles. The number of hydrogen-bond donors (Lipinski definition) is 3. The topological polar surface area (TPSA) is 92.0 Å². The first-order valence-electron chi connectivity index (χ1n) is 9.81. The Bertz CT molecular complexity index is 626. The van der Waals surface area contributed by atoms with Gasteiger partial charge in [-0.2, -0.15) is 0 Å². The smallest absolute Gasteiger partial charge is 0.255 e. The zero-order valence-corrected chi connectivity index (χ0v) is 19.3. The lowest BCUT2D eigenvalue weighted by Gasteiger charge is -2.35. The minimum Gasteiger partial charge on any atom is -0.484 e. The molecule has 0 aliphatic carbocycles. The number of nitrogens with zero attached hydrogens (tertiary/aromatic N) is 2. The highest BCUT2D eigenvalue weighted by atomic mass is 127. The average molecular weight is 503 g/mol. The van der Waals surface area contributed by atoms with Crippen LogP contribution in [0, 0.1) is 0 Å². The summed E-state index contributed by atoms with van der Waals surface area (Å²) in [4.78, 5) is 17.7. The van der Waals surface area contributed by atoms with Crippen molar-refractivity contribution >= 4 is 35.8 Å². The van der Waals surface area contributed by atoms with Crippen LogP contribution in [0.2, 0.25) is 0 Å². The first-order chi connectivity index (χ1) is 13.1. The minimum absolute atomic E-state index is 0. The number of guanidine groups is 1. The summed E-state index contributed by atoms with van der Waals surface area (Å²) in [5.41, 5.74) is 6.15. The summed E-state index contributed by atoms with van der Waals surface area (Å²) in [7, 11) is 1.78. The van der Waals surface area contributed by atoms with E-state index in [9.17, 15) is 4.79 Å². The Balaban J connectivity index is 0.00000392. The molecule has 4 N–H and O–H groups in total. The summed E-state index contributed by atoms with van der Waals surface area (Å²) < 4.78 is 5.34. The van der Waals surface area contributed by atoms with Crippen molar-refractivity contribution in [2.45, 2.75) is 45.2 Å². The molecule has 1 aliphatic heterocycles. The molecule has 1 fully saturated rings. The van der Waals surface area contributed by atoms with Crippen LogP contribution in [-0.2, 0) is 11.3 Å². The first kappa shape index (κ1) is 24.5. The Labute approximate surface area is 185 Å². The van der Waals surface area contributed by atoms with Gasteiger partial charge >= 0.3 is 0 Å². The number of rotatable bonds is 9. The maximum atomic E-state index is 10.8. The van der Waals surface area contributed by atoms with Crippen LogP contribution in [0.25, 0.3) is 0 Å². The van der Waals surface area contributed by atoms with E-state index in [1.807, 2.05) is 24.3 Å². The van der Waals surface area contributed by atoms with E-state index in [0.717, 1.165) is 30.7 Å². The maximum absolute atomic E-state index is 10.8. The highest BCUT2D eigenvalue weighted by Gasteiger charge is 2.19. The summed E-state index contributed by atoms with van der Waals surface area (Å²) in [6.07, 6.45) is 5.20. The Morgan fingerprint density at radius 3 is 2.89 bits per heavy atom. The molecule has 1 saturated heterocycles. The Kier molecular flexibility index (Phi) is 11.9. The number of likely N-dealkylation sites (tertiary alicyclic amines) is 1. The summed E-state index contributed by atoms with van der Waals surface area (Å²) in [5.74, 6) is 0.928. The van der Waals surface area contributed by atoms with Crippen molar-refractivity contribution in [3.05, 3.63) is 29.8 Å². The lowest BCUT2D eigenvalue weighted by molar-refractivity contribution is -0.119. The van der Waals surface area contributed by atoms with Gasteiger partial charge in [-0.05, 0) is 43.5 Å². The third kappa shape index (κ3) is 8.64. The van der Waals surface area contributed by atoms with E-state index in [1.54, 1.807) is 7.05 Å². The highest BCUT2D eigenvalue weighted by molar-refractivity contribution is 14.0. The Morgan fingerprint density at radius 2 is 2.18 bits per heavy atom. The molecular weight excluding hydrogens is 469 g/mol. The number of aliphatic imine (C=N–C) groups is 1. The van der Waals surface area contributed by atoms with Gasteiger partial charge in [0.25, 0.3) is 5.91 Å². The predicted octanol–water partition coefficient (Wildman–Crippen LogP) is 2.10. The van der Waals surface area contributed by atoms with Crippen LogP contribution >= 0.6 is 24.0 Å². The number of halogens is 1. The average Bonchev–Trinajstić information content (AvgIpc) is 2.69. The Hall–Kier alpha value is -1.55. The largest absolute Gasteiger partial charge is 0.484 e. The van der Waals surface area contributed by atoms with Gasteiger partial charge < -0.3 is 21.1 Å². The molecule has 1 atom stereocenters. The fourth-order valence-electron chi connectivity index (χ4n) is 3.44. The highest BCUT2D eigenvalue weighted by Crippen LogP contribution is 2.18. The number of carbonyl (C=O) groups excluding carboxylic acids is 1. The molecule has 0 aromatic heterocycles. The fraction of sp³-hybridized carbons (Fsp3) is 0.600. The van der Waals surface area contributed by atoms with Gasteiger partial charge in [-0.15, -0.1) is 24.0 Å². The number of benzene rings is 1. The molecule has 0 saturated carbocycles. The summed E-state index contributed by atoms with van der Waals surface area (Å²) in [5, 5.41) is 6.71. The van der Waals surface area contributed by atoms with Crippen LogP contribution in [0.5, 0.6) is 5.75 Å². The fourth-order valence-corrected chi connectivity index (χ4v) is 3.44. The molecule has 1 aromatic rings. The lowest BCUT2D eigenvalue weighted by atomic mass is 10.0. The zero-order valence-electron chi connectivity index (χ0n) is 16.9. The minimum atomic E-state index is -0.484. The van der Waals surface area contributed by atoms with Crippen LogP contribution in [0.3, 0.4) is 0 Å². The predicted molar refractivity (Wildman–Crippen MR) is 124 cm³/mol. The monoisotopic (exact) mass is 503 g/mol. The van der Waals surface area contributed by atoms with Gasteiger partial charge in [0, 0.05) is 32.7 Å². The van der Waals surface area contributed by atoms with Gasteiger partial charge in [-0.3, -0.25) is 14.7 Å². The van der Waals surface area contributed by atoms with Crippen LogP contribution in [0.4, 0.5) is 0 Å². The number of ether oxygens (including phenoxy) is 1. The summed E-state index contributed by atoms with van der Waals surface area (Å²) in [6.45, 7) is 5.89. The molecule has 7 nitrogen and oxygen atoms in total. The molecule has 0 radical (unpaired) electrons. The summed E-state index contributed by atoms with van der Waals surface area (Å²) in [6, 6.07) is 8.31. The normalized spacial score (nSPS) is 17.5. The second-order valence-electron chi connectivity index (χ2n) is 6.85. The molecule has 1 unspecified atom stereocenters. The van der Waals surface area contributed by atoms with E-state index in [-0.39, 0.29) is 30.6 Å². The molecule has 0 spiro atoms. The first-order valence-corrected chi connectivity index (χ1v) is 9.81. The van der Waals surface area contributed by atoms with E-state index in [4.69, 9.17) is 10.5 Å². The molecule has 158 valence electrons. The molecular formula is C20H34IN5O2.